The molecular weight excluding hydrogens is 446 g/mol. The Hall–Kier alpha value is -3.47. The van der Waals surface area contributed by atoms with Crippen molar-refractivity contribution in [3.63, 3.8) is 0 Å². The number of carbonyl (C=O) groups is 7. The summed E-state index contributed by atoms with van der Waals surface area (Å²) in [5, 5.41) is 2.61. The number of hydrogen-bond acceptors (Lipinski definition) is 8. The van der Waals surface area contributed by atoms with Crippen molar-refractivity contribution in [2.75, 3.05) is 32.8 Å². The van der Waals surface area contributed by atoms with Gasteiger partial charge in [-0.15, -0.1) is 0 Å². The molecule has 0 fully saturated rings. The highest BCUT2D eigenvalue weighted by Crippen LogP contribution is 2.05. The molecule has 1 N–H and O–H groups in total. The van der Waals surface area contributed by atoms with Gasteiger partial charge in [0.15, 0.2) is 0 Å². The minimum absolute atomic E-state index is 0. The van der Waals surface area contributed by atoms with E-state index in [2.05, 4.69) is 5.32 Å². The second-order valence-corrected chi connectivity index (χ2v) is 7.29. The fourth-order valence-corrected chi connectivity index (χ4v) is 2.67. The van der Waals surface area contributed by atoms with Gasteiger partial charge in [-0.2, -0.15) is 0 Å². The van der Waals surface area contributed by atoms with Gasteiger partial charge in [-0.25, -0.2) is 0 Å². The molecule has 0 unspecified atom stereocenters. The van der Waals surface area contributed by atoms with Crippen molar-refractivity contribution in [1.82, 2.24) is 15.1 Å². The first kappa shape index (κ1) is 30.5. The van der Waals surface area contributed by atoms with Crippen molar-refractivity contribution in [2.45, 2.75) is 47.0 Å². The number of amides is 5. The lowest BCUT2D eigenvalue weighted by atomic mass is 10.2. The van der Waals surface area contributed by atoms with Gasteiger partial charge in [0.1, 0.15) is 11.6 Å². The molecule has 11 nitrogen and oxygen atoms in total. The van der Waals surface area contributed by atoms with Crippen LogP contribution in [0.15, 0.2) is 24.3 Å². The van der Waals surface area contributed by atoms with Crippen LogP contribution in [-0.4, -0.2) is 83.8 Å². The molecule has 11 heteroatoms. The zero-order chi connectivity index (χ0) is 24.8. The number of ether oxygens (including phenoxy) is 1. The van der Waals surface area contributed by atoms with Crippen LogP contribution in [0.5, 0.6) is 0 Å². The largest absolute Gasteiger partial charge is 0.379 e. The SMILES string of the molecule is C.CC(=O)CCCN1C(=O)C=CC1=O.CC(=O)CCOCCNC(=O)CCN1C(=O)C=CC1=O. The van der Waals surface area contributed by atoms with Crippen molar-refractivity contribution in [3.05, 3.63) is 24.3 Å². The first-order chi connectivity index (χ1) is 15.6. The van der Waals surface area contributed by atoms with Crippen LogP contribution in [-0.2, 0) is 38.3 Å². The summed E-state index contributed by atoms with van der Waals surface area (Å²) in [6.45, 7) is 4.38. The normalized spacial score (nSPS) is 14.2. The second kappa shape index (κ2) is 16.2. The lowest BCUT2D eigenvalue weighted by Crippen LogP contribution is -2.35. The Labute approximate surface area is 199 Å². The molecular formula is C23H33N3O8. The maximum Gasteiger partial charge on any atom is 0.253 e. The highest BCUT2D eigenvalue weighted by molar-refractivity contribution is 6.13. The number of nitrogens with one attached hydrogen (secondary N) is 1. The van der Waals surface area contributed by atoms with E-state index in [4.69, 9.17) is 4.74 Å². The molecule has 0 spiro atoms. The van der Waals surface area contributed by atoms with Crippen LogP contribution in [0, 0.1) is 0 Å². The van der Waals surface area contributed by atoms with Crippen LogP contribution in [0.25, 0.3) is 0 Å². The van der Waals surface area contributed by atoms with Gasteiger partial charge >= 0.3 is 0 Å². The highest BCUT2D eigenvalue weighted by Gasteiger charge is 2.23. The number of Topliss-reactive ketones (excluding diaryl/α,β-unsaturated/α-hetero) is 2. The summed E-state index contributed by atoms with van der Waals surface area (Å²) >= 11 is 0. The summed E-state index contributed by atoms with van der Waals surface area (Å²) < 4.78 is 5.14. The molecule has 0 saturated carbocycles. The van der Waals surface area contributed by atoms with E-state index >= 15 is 0 Å². The monoisotopic (exact) mass is 479 g/mol. The van der Waals surface area contributed by atoms with E-state index in [-0.39, 0.29) is 49.7 Å². The van der Waals surface area contributed by atoms with Crippen LogP contribution in [0.4, 0.5) is 0 Å². The van der Waals surface area contributed by atoms with E-state index in [0.717, 1.165) is 9.80 Å². The molecule has 2 heterocycles. The van der Waals surface area contributed by atoms with Crippen molar-refractivity contribution in [1.29, 1.82) is 0 Å². The molecule has 0 aromatic carbocycles. The van der Waals surface area contributed by atoms with Crippen LogP contribution in [0.3, 0.4) is 0 Å². The van der Waals surface area contributed by atoms with Gasteiger partial charge < -0.3 is 14.8 Å². The predicted octanol–water partition coefficient (Wildman–Crippen LogP) is 0.330. The third-order valence-electron chi connectivity index (χ3n) is 4.44. The Morgan fingerprint density at radius 1 is 0.735 bits per heavy atom. The van der Waals surface area contributed by atoms with Crippen LogP contribution in [0.2, 0.25) is 0 Å². The fourth-order valence-electron chi connectivity index (χ4n) is 2.67. The summed E-state index contributed by atoms with van der Waals surface area (Å²) in [7, 11) is 0. The van der Waals surface area contributed by atoms with Crippen molar-refractivity contribution in [3.8, 4) is 0 Å². The van der Waals surface area contributed by atoms with Crippen LogP contribution < -0.4 is 5.32 Å². The Kier molecular flexibility index (Phi) is 14.5. The van der Waals surface area contributed by atoms with Gasteiger partial charge in [-0.05, 0) is 20.3 Å². The van der Waals surface area contributed by atoms with E-state index in [1.807, 2.05) is 0 Å². The van der Waals surface area contributed by atoms with E-state index in [9.17, 15) is 33.6 Å². The lowest BCUT2D eigenvalue weighted by molar-refractivity contribution is -0.138. The van der Waals surface area contributed by atoms with Crippen LogP contribution >= 0.6 is 0 Å². The smallest absolute Gasteiger partial charge is 0.253 e. The summed E-state index contributed by atoms with van der Waals surface area (Å²) in [6, 6.07) is 0. The number of nitrogens with zero attached hydrogens (tertiary/aromatic N) is 2. The zero-order valence-electron chi connectivity index (χ0n) is 18.8. The van der Waals surface area contributed by atoms with E-state index in [1.54, 1.807) is 0 Å². The molecule has 2 aliphatic rings. The van der Waals surface area contributed by atoms with Gasteiger partial charge in [0.2, 0.25) is 5.91 Å². The summed E-state index contributed by atoms with van der Waals surface area (Å²) in [5.41, 5.74) is 0. The van der Waals surface area contributed by atoms with Gasteiger partial charge in [-0.1, -0.05) is 7.43 Å². The molecule has 2 aliphatic heterocycles. The Bertz CT molecular complexity index is 811. The predicted molar refractivity (Wildman–Crippen MR) is 122 cm³/mol. The highest BCUT2D eigenvalue weighted by atomic mass is 16.5. The number of hydrogen-bond donors (Lipinski definition) is 1. The summed E-state index contributed by atoms with van der Waals surface area (Å²) in [6.07, 6.45) is 6.25. The zero-order valence-corrected chi connectivity index (χ0v) is 18.8. The van der Waals surface area contributed by atoms with Gasteiger partial charge in [-0.3, -0.25) is 38.6 Å². The van der Waals surface area contributed by atoms with Crippen molar-refractivity contribution in [2.24, 2.45) is 0 Å². The fraction of sp³-hybridized carbons (Fsp3) is 0.522. The Balaban J connectivity index is 0.000000676. The molecule has 0 bridgehead atoms. The number of rotatable bonds is 13. The third-order valence-corrected chi connectivity index (χ3v) is 4.44. The average molecular weight is 480 g/mol. The number of carbonyl (C=O) groups excluding carboxylic acids is 7. The van der Waals surface area contributed by atoms with E-state index < -0.39 is 11.8 Å². The van der Waals surface area contributed by atoms with Gasteiger partial charge in [0.25, 0.3) is 23.6 Å². The molecule has 2 rings (SSSR count). The summed E-state index contributed by atoms with van der Waals surface area (Å²) in [5.74, 6) is -1.48. The maximum absolute atomic E-state index is 11.5. The molecule has 34 heavy (non-hydrogen) atoms. The first-order valence-electron chi connectivity index (χ1n) is 10.5. The third kappa shape index (κ3) is 12.0. The quantitative estimate of drug-likeness (QED) is 0.294. The van der Waals surface area contributed by atoms with Crippen molar-refractivity contribution < 1.29 is 38.3 Å². The Morgan fingerprint density at radius 3 is 1.68 bits per heavy atom. The van der Waals surface area contributed by atoms with Crippen LogP contribution in [0.1, 0.15) is 47.0 Å². The molecule has 0 radical (unpaired) electrons. The number of imide groups is 2. The average Bonchev–Trinajstić information content (AvgIpc) is 3.24. The molecule has 0 saturated heterocycles. The van der Waals surface area contributed by atoms with Gasteiger partial charge in [0, 0.05) is 63.2 Å². The molecule has 0 aromatic rings. The Morgan fingerprint density at radius 2 is 1.21 bits per heavy atom. The molecule has 5 amide bonds. The van der Waals surface area contributed by atoms with Crippen molar-refractivity contribution >= 4 is 41.1 Å². The molecule has 188 valence electrons. The minimum atomic E-state index is -0.393. The standard InChI is InChI=1S/C13H18N2O5.C9H11NO3.CH4/c1-10(16)5-8-20-9-6-14-11(17)4-7-15-12(18)2-3-13(15)19;1-7(11)3-2-6-10-8(12)4-5-9(10)13;/h2-3H,4-9H2,1H3,(H,14,17);4-5H,2-3,6H2,1H3;1H4. The second-order valence-electron chi connectivity index (χ2n) is 7.29. The maximum atomic E-state index is 11.5. The molecule has 0 aliphatic carbocycles. The molecule has 0 atom stereocenters. The first-order valence-corrected chi connectivity index (χ1v) is 10.5. The minimum Gasteiger partial charge on any atom is -0.379 e. The topological polar surface area (TPSA) is 147 Å². The summed E-state index contributed by atoms with van der Waals surface area (Å²) in [4.78, 5) is 79.3. The number of ketones is 2. The molecule has 0 aromatic heterocycles. The van der Waals surface area contributed by atoms with E-state index in [1.165, 1.54) is 38.2 Å². The van der Waals surface area contributed by atoms with E-state index in [0.29, 0.717) is 45.6 Å². The van der Waals surface area contributed by atoms with Gasteiger partial charge in [0.05, 0.1) is 13.2 Å². The lowest BCUT2D eigenvalue weighted by Gasteiger charge is -2.13.